The molecule has 1 heterocycles. The van der Waals surface area contributed by atoms with Crippen molar-refractivity contribution in [2.24, 2.45) is 16.6 Å². The van der Waals surface area contributed by atoms with Crippen molar-refractivity contribution in [1.82, 2.24) is 10.2 Å². The number of hydrogen-bond acceptors (Lipinski definition) is 2. The van der Waals surface area contributed by atoms with Gasteiger partial charge in [-0.3, -0.25) is 9.79 Å². The van der Waals surface area contributed by atoms with Gasteiger partial charge in [0.05, 0.1) is 0 Å². The third kappa shape index (κ3) is 4.86. The zero-order chi connectivity index (χ0) is 17.9. The van der Waals surface area contributed by atoms with Crippen LogP contribution in [0.3, 0.4) is 0 Å². The summed E-state index contributed by atoms with van der Waals surface area (Å²) in [6, 6.07) is 7.04. The van der Waals surface area contributed by atoms with Gasteiger partial charge < -0.3 is 16.0 Å². The van der Waals surface area contributed by atoms with Crippen LogP contribution in [0, 0.1) is 11.7 Å². The number of carbonyl (C=O) groups is 1. The predicted octanol–water partition coefficient (Wildman–Crippen LogP) is 2.64. The number of nitrogens with zero attached hydrogens (tertiary/aromatic N) is 2. The van der Waals surface area contributed by atoms with Crippen LogP contribution >= 0.6 is 24.0 Å². The van der Waals surface area contributed by atoms with Crippen LogP contribution in [-0.4, -0.2) is 43.4 Å². The number of primary amides is 1. The minimum atomic E-state index is -0.244. The number of nitrogens with two attached hydrogens (primary N) is 1. The maximum Gasteiger partial charge on any atom is 0.217 e. The molecule has 1 aliphatic carbocycles. The van der Waals surface area contributed by atoms with Crippen LogP contribution in [0.5, 0.6) is 0 Å². The largest absolute Gasteiger partial charge is 0.370 e. The maximum atomic E-state index is 14.1. The fraction of sp³-hybridized carbons (Fsp3) is 0.579. The SMILES string of the molecule is CN=C(NCC1(c2ccccc2F)CC1)N1CCCC(CC(N)=O)C1.I. The highest BCUT2D eigenvalue weighted by atomic mass is 127. The summed E-state index contributed by atoms with van der Waals surface area (Å²) in [5.74, 6) is 0.741. The van der Waals surface area contributed by atoms with Gasteiger partial charge in [-0.05, 0) is 43.2 Å². The van der Waals surface area contributed by atoms with E-state index in [1.54, 1.807) is 13.1 Å². The quantitative estimate of drug-likeness (QED) is 0.392. The molecule has 1 aliphatic heterocycles. The number of nitrogens with one attached hydrogen (secondary N) is 1. The molecule has 5 nitrogen and oxygen atoms in total. The normalized spacial score (nSPS) is 21.7. The van der Waals surface area contributed by atoms with Crippen LogP contribution in [0.2, 0.25) is 0 Å². The van der Waals surface area contributed by atoms with Gasteiger partial charge in [-0.25, -0.2) is 4.39 Å². The van der Waals surface area contributed by atoms with E-state index in [9.17, 15) is 9.18 Å². The summed E-state index contributed by atoms with van der Waals surface area (Å²) in [4.78, 5) is 17.8. The van der Waals surface area contributed by atoms with E-state index in [4.69, 9.17) is 5.73 Å². The van der Waals surface area contributed by atoms with Gasteiger partial charge in [0.15, 0.2) is 5.96 Å². The van der Waals surface area contributed by atoms with Crippen LogP contribution in [0.4, 0.5) is 4.39 Å². The second-order valence-corrected chi connectivity index (χ2v) is 7.29. The number of guanidine groups is 1. The van der Waals surface area contributed by atoms with E-state index in [0.29, 0.717) is 13.0 Å². The molecule has 2 aliphatic rings. The lowest BCUT2D eigenvalue weighted by Crippen LogP contribution is -2.48. The number of aliphatic imine (C=N–C) groups is 1. The number of piperidine rings is 1. The topological polar surface area (TPSA) is 70.7 Å². The van der Waals surface area contributed by atoms with Crippen LogP contribution in [0.15, 0.2) is 29.3 Å². The van der Waals surface area contributed by atoms with Crippen molar-refractivity contribution < 1.29 is 9.18 Å². The minimum absolute atomic E-state index is 0. The number of rotatable bonds is 5. The van der Waals surface area contributed by atoms with Gasteiger partial charge >= 0.3 is 0 Å². The summed E-state index contributed by atoms with van der Waals surface area (Å²) < 4.78 is 14.1. The maximum absolute atomic E-state index is 14.1. The van der Waals surface area contributed by atoms with E-state index in [0.717, 1.165) is 50.3 Å². The van der Waals surface area contributed by atoms with Gasteiger partial charge in [-0.15, -0.1) is 24.0 Å². The van der Waals surface area contributed by atoms with Gasteiger partial charge in [0.2, 0.25) is 5.91 Å². The van der Waals surface area contributed by atoms with Crippen LogP contribution in [-0.2, 0) is 10.2 Å². The second kappa shape index (κ2) is 9.01. The molecule has 3 rings (SSSR count). The van der Waals surface area contributed by atoms with Crippen molar-refractivity contribution in [3.05, 3.63) is 35.6 Å². The molecule has 1 saturated heterocycles. The Balaban J connectivity index is 0.00000243. The van der Waals surface area contributed by atoms with Crippen molar-refractivity contribution in [3.63, 3.8) is 0 Å². The second-order valence-electron chi connectivity index (χ2n) is 7.29. The molecule has 0 spiro atoms. The summed E-state index contributed by atoms with van der Waals surface area (Å²) in [6.07, 6.45) is 4.45. The van der Waals surface area contributed by atoms with E-state index >= 15 is 0 Å². The Morgan fingerprint density at radius 2 is 2.15 bits per heavy atom. The Morgan fingerprint density at radius 1 is 1.42 bits per heavy atom. The van der Waals surface area contributed by atoms with E-state index in [-0.39, 0.29) is 47.0 Å². The molecule has 26 heavy (non-hydrogen) atoms. The summed E-state index contributed by atoms with van der Waals surface area (Å²) in [5, 5.41) is 3.43. The van der Waals surface area contributed by atoms with E-state index in [1.165, 1.54) is 6.07 Å². The fourth-order valence-corrected chi connectivity index (χ4v) is 3.87. The van der Waals surface area contributed by atoms with E-state index in [2.05, 4.69) is 15.2 Å². The van der Waals surface area contributed by atoms with Crippen molar-refractivity contribution in [2.75, 3.05) is 26.7 Å². The zero-order valence-corrected chi connectivity index (χ0v) is 17.5. The lowest BCUT2D eigenvalue weighted by molar-refractivity contribution is -0.119. The van der Waals surface area contributed by atoms with E-state index < -0.39 is 0 Å². The minimum Gasteiger partial charge on any atom is -0.370 e. The number of amides is 1. The lowest BCUT2D eigenvalue weighted by atomic mass is 9.94. The molecule has 0 aromatic heterocycles. The highest BCUT2D eigenvalue weighted by Crippen LogP contribution is 2.48. The molecule has 1 saturated carbocycles. The monoisotopic (exact) mass is 474 g/mol. The molecule has 3 N–H and O–H groups in total. The van der Waals surface area contributed by atoms with Gasteiger partial charge in [0, 0.05) is 38.5 Å². The summed E-state index contributed by atoms with van der Waals surface area (Å²) in [6.45, 7) is 2.38. The first-order valence-corrected chi connectivity index (χ1v) is 9.03. The van der Waals surface area contributed by atoms with Crippen molar-refractivity contribution in [1.29, 1.82) is 0 Å². The number of benzene rings is 1. The molecule has 1 aromatic rings. The molecule has 1 aromatic carbocycles. The van der Waals surface area contributed by atoms with Gasteiger partial charge in [-0.1, -0.05) is 18.2 Å². The molecule has 0 bridgehead atoms. The molecule has 1 amide bonds. The first-order chi connectivity index (χ1) is 12.0. The Labute approximate surface area is 171 Å². The van der Waals surface area contributed by atoms with Gasteiger partial charge in [-0.2, -0.15) is 0 Å². The number of carbonyl (C=O) groups excluding carboxylic acids is 1. The molecule has 0 radical (unpaired) electrons. The van der Waals surface area contributed by atoms with Crippen LogP contribution in [0.25, 0.3) is 0 Å². The fourth-order valence-electron chi connectivity index (χ4n) is 3.87. The molecule has 1 unspecified atom stereocenters. The molecular weight excluding hydrogens is 446 g/mol. The summed E-state index contributed by atoms with van der Waals surface area (Å²) in [5.41, 5.74) is 6.01. The summed E-state index contributed by atoms with van der Waals surface area (Å²) in [7, 11) is 1.77. The Morgan fingerprint density at radius 3 is 2.77 bits per heavy atom. The molecular formula is C19H28FIN4O. The Bertz CT molecular complexity index is 663. The first-order valence-electron chi connectivity index (χ1n) is 9.03. The van der Waals surface area contributed by atoms with Crippen molar-refractivity contribution >= 4 is 35.8 Å². The zero-order valence-electron chi connectivity index (χ0n) is 15.2. The number of likely N-dealkylation sites (tertiary alicyclic amines) is 1. The highest BCUT2D eigenvalue weighted by Gasteiger charge is 2.46. The Hall–Kier alpha value is -1.38. The standard InChI is InChI=1S/C19H27FN4O.HI/c1-22-18(24-10-4-5-14(12-24)11-17(21)25)23-13-19(8-9-19)15-6-2-3-7-16(15)20;/h2-3,6-7,14H,4-5,8-13H2,1H3,(H2,21,25)(H,22,23);1H. The van der Waals surface area contributed by atoms with Crippen molar-refractivity contribution in [3.8, 4) is 0 Å². The first kappa shape index (κ1) is 20.9. The lowest BCUT2D eigenvalue weighted by Gasteiger charge is -2.35. The van der Waals surface area contributed by atoms with Crippen LogP contribution in [0.1, 0.15) is 37.7 Å². The molecule has 2 fully saturated rings. The average Bonchev–Trinajstić information content (AvgIpc) is 3.36. The van der Waals surface area contributed by atoms with Crippen molar-refractivity contribution in [2.45, 2.75) is 37.5 Å². The third-order valence-corrected chi connectivity index (χ3v) is 5.40. The highest BCUT2D eigenvalue weighted by molar-refractivity contribution is 14.0. The molecule has 144 valence electrons. The Kier molecular flexibility index (Phi) is 7.25. The average molecular weight is 474 g/mol. The third-order valence-electron chi connectivity index (χ3n) is 5.40. The molecule has 1 atom stereocenters. The smallest absolute Gasteiger partial charge is 0.217 e. The molecule has 7 heteroatoms. The number of hydrogen-bond donors (Lipinski definition) is 2. The van der Waals surface area contributed by atoms with E-state index in [1.807, 2.05) is 12.1 Å². The number of halogens is 2. The predicted molar refractivity (Wildman–Crippen MR) is 112 cm³/mol. The van der Waals surface area contributed by atoms with Gasteiger partial charge in [0.1, 0.15) is 5.82 Å². The summed E-state index contributed by atoms with van der Waals surface area (Å²) >= 11 is 0. The van der Waals surface area contributed by atoms with Crippen LogP contribution < -0.4 is 11.1 Å². The van der Waals surface area contributed by atoms with Gasteiger partial charge in [0.25, 0.3) is 0 Å².